The maximum absolute atomic E-state index is 14.5. The number of aryl methyl sites for hydroxylation is 1. The lowest BCUT2D eigenvalue weighted by atomic mass is 9.97. The predicted molar refractivity (Wildman–Crippen MR) is 149 cm³/mol. The molecule has 15 heteroatoms. The highest BCUT2D eigenvalue weighted by molar-refractivity contribution is 6.11. The Balaban J connectivity index is 1.19. The molecule has 4 aromatic rings. The number of hydrogen-bond donors (Lipinski definition) is 0. The molecule has 5 rings (SSSR count). The molecule has 1 aliphatic heterocycles. The van der Waals surface area contributed by atoms with Crippen LogP contribution in [0.4, 0.5) is 20.2 Å². The van der Waals surface area contributed by atoms with Gasteiger partial charge in [0, 0.05) is 17.2 Å². The number of aromatic nitrogens is 2. The number of nitro groups is 1. The van der Waals surface area contributed by atoms with Gasteiger partial charge in [-0.25, -0.2) is 13.4 Å². The zero-order valence-electron chi connectivity index (χ0n) is 23.3. The van der Waals surface area contributed by atoms with E-state index in [4.69, 9.17) is 14.1 Å². The lowest BCUT2D eigenvalue weighted by Crippen LogP contribution is -2.45. The number of fused-ring (bicyclic) bond motifs is 2. The maximum atomic E-state index is 14.5. The van der Waals surface area contributed by atoms with E-state index in [1.165, 1.54) is 47.4 Å². The van der Waals surface area contributed by atoms with E-state index in [9.17, 15) is 33.3 Å². The van der Waals surface area contributed by atoms with E-state index in [0.717, 1.165) is 4.90 Å². The molecule has 0 saturated heterocycles. The summed E-state index contributed by atoms with van der Waals surface area (Å²) in [4.78, 5) is 51.2. The standard InChI is InChI=1S/C29H25F2N5O8/c1-17-14-19(30)7-6-18(17)15-35(22-8-9-23(36(40)41)27-26(22)32-44-33-27)24(37)16-43-13-12-42-11-10-34-28(38)21-5-3-2-4-20(21)25(31)29(34)39/h2-9,14,25H,10-13,15-16H2,1H3. The lowest BCUT2D eigenvalue weighted by molar-refractivity contribution is -0.383. The van der Waals surface area contributed by atoms with E-state index >= 15 is 0 Å². The van der Waals surface area contributed by atoms with Gasteiger partial charge in [0.25, 0.3) is 17.7 Å². The molecule has 0 aliphatic carbocycles. The Morgan fingerprint density at radius 2 is 1.82 bits per heavy atom. The fourth-order valence-corrected chi connectivity index (χ4v) is 4.77. The van der Waals surface area contributed by atoms with Crippen molar-refractivity contribution >= 4 is 40.1 Å². The Morgan fingerprint density at radius 3 is 2.59 bits per heavy atom. The first kappa shape index (κ1) is 30.3. The van der Waals surface area contributed by atoms with Crippen LogP contribution in [0.5, 0.6) is 0 Å². The molecule has 0 spiro atoms. The summed E-state index contributed by atoms with van der Waals surface area (Å²) < 4.78 is 43.9. The molecule has 0 saturated carbocycles. The van der Waals surface area contributed by atoms with Crippen LogP contribution in [0.2, 0.25) is 0 Å². The van der Waals surface area contributed by atoms with E-state index in [0.29, 0.717) is 11.1 Å². The molecule has 0 N–H and O–H groups in total. The molecule has 44 heavy (non-hydrogen) atoms. The number of nitro benzene ring substituents is 1. The Labute approximate surface area is 248 Å². The molecule has 3 aromatic carbocycles. The van der Waals surface area contributed by atoms with Gasteiger partial charge >= 0.3 is 5.69 Å². The number of anilines is 1. The number of carbonyl (C=O) groups is 3. The van der Waals surface area contributed by atoms with Crippen molar-refractivity contribution in [3.8, 4) is 0 Å². The topological polar surface area (TPSA) is 158 Å². The van der Waals surface area contributed by atoms with Gasteiger partial charge in [-0.2, -0.15) is 0 Å². The van der Waals surface area contributed by atoms with Gasteiger partial charge in [-0.3, -0.25) is 29.4 Å². The minimum atomic E-state index is -1.94. The summed E-state index contributed by atoms with van der Waals surface area (Å²) in [6, 6.07) is 12.6. The van der Waals surface area contributed by atoms with Gasteiger partial charge in [-0.05, 0) is 52.6 Å². The van der Waals surface area contributed by atoms with Gasteiger partial charge in [0.15, 0.2) is 5.52 Å². The van der Waals surface area contributed by atoms with E-state index in [1.54, 1.807) is 19.1 Å². The number of amides is 3. The number of ether oxygens (including phenoxy) is 2. The molecular weight excluding hydrogens is 584 g/mol. The molecule has 1 aromatic heterocycles. The van der Waals surface area contributed by atoms with Gasteiger partial charge < -0.3 is 14.4 Å². The number of rotatable bonds is 12. The second-order valence-electron chi connectivity index (χ2n) is 9.78. The minimum absolute atomic E-state index is 0.00874. The number of alkyl halides is 1. The Bertz CT molecular complexity index is 1750. The molecule has 0 bridgehead atoms. The first-order chi connectivity index (χ1) is 21.2. The molecule has 13 nitrogen and oxygen atoms in total. The molecule has 228 valence electrons. The molecule has 1 atom stereocenters. The third-order valence-corrected chi connectivity index (χ3v) is 7.04. The SMILES string of the molecule is Cc1cc(F)ccc1CN(C(=O)COCCOCCN1C(=O)c2ccccc2C(F)C1=O)c1ccc([N+](=O)[O-])c2nonc12. The summed E-state index contributed by atoms with van der Waals surface area (Å²) in [5.41, 5.74) is 0.975. The number of non-ortho nitro benzene ring substituents is 1. The zero-order valence-corrected chi connectivity index (χ0v) is 23.3. The maximum Gasteiger partial charge on any atom is 0.300 e. The van der Waals surface area contributed by atoms with Crippen molar-refractivity contribution in [1.82, 2.24) is 15.2 Å². The summed E-state index contributed by atoms with van der Waals surface area (Å²) in [6.07, 6.45) is -1.94. The first-order valence-corrected chi connectivity index (χ1v) is 13.4. The van der Waals surface area contributed by atoms with Crippen LogP contribution in [-0.4, -0.2) is 70.8 Å². The highest BCUT2D eigenvalue weighted by Gasteiger charge is 2.38. The third kappa shape index (κ3) is 6.14. The Morgan fingerprint density at radius 1 is 1.07 bits per heavy atom. The van der Waals surface area contributed by atoms with Gasteiger partial charge in [0.1, 0.15) is 12.4 Å². The van der Waals surface area contributed by atoms with Crippen molar-refractivity contribution in [2.24, 2.45) is 0 Å². The molecule has 0 fully saturated rings. The van der Waals surface area contributed by atoms with Crippen LogP contribution in [0.3, 0.4) is 0 Å². The number of hydrogen-bond acceptors (Lipinski definition) is 10. The van der Waals surface area contributed by atoms with E-state index < -0.39 is 41.2 Å². The zero-order chi connectivity index (χ0) is 31.4. The van der Waals surface area contributed by atoms with Crippen LogP contribution >= 0.6 is 0 Å². The first-order valence-electron chi connectivity index (χ1n) is 13.4. The second-order valence-corrected chi connectivity index (χ2v) is 9.78. The Hall–Kier alpha value is -5.15. The highest BCUT2D eigenvalue weighted by Crippen LogP contribution is 2.33. The van der Waals surface area contributed by atoms with Crippen LogP contribution in [0.1, 0.15) is 33.2 Å². The lowest BCUT2D eigenvalue weighted by Gasteiger charge is -2.28. The van der Waals surface area contributed by atoms with Crippen molar-refractivity contribution in [2.75, 3.05) is 37.9 Å². The molecule has 3 amide bonds. The van der Waals surface area contributed by atoms with Crippen LogP contribution in [0.15, 0.2) is 59.2 Å². The highest BCUT2D eigenvalue weighted by atomic mass is 19.1. The molecule has 1 unspecified atom stereocenters. The van der Waals surface area contributed by atoms with E-state index in [1.807, 2.05) is 0 Å². The minimum Gasteiger partial charge on any atom is -0.377 e. The molecule has 2 heterocycles. The van der Waals surface area contributed by atoms with Crippen molar-refractivity contribution in [1.29, 1.82) is 0 Å². The van der Waals surface area contributed by atoms with Gasteiger partial charge in [-0.15, -0.1) is 0 Å². The number of benzene rings is 3. The molecule has 0 radical (unpaired) electrons. The van der Waals surface area contributed by atoms with Gasteiger partial charge in [-0.1, -0.05) is 24.3 Å². The molecular formula is C29H25F2N5O8. The van der Waals surface area contributed by atoms with Crippen molar-refractivity contribution in [2.45, 2.75) is 19.6 Å². The van der Waals surface area contributed by atoms with Crippen LogP contribution in [-0.2, 0) is 25.6 Å². The smallest absolute Gasteiger partial charge is 0.300 e. The number of imide groups is 1. The summed E-state index contributed by atoms with van der Waals surface area (Å²) in [7, 11) is 0. The normalized spacial score (nSPS) is 14.6. The number of nitrogens with zero attached hydrogens (tertiary/aromatic N) is 5. The quantitative estimate of drug-likeness (QED) is 0.1000. The largest absolute Gasteiger partial charge is 0.377 e. The average Bonchev–Trinajstić information content (AvgIpc) is 3.50. The third-order valence-electron chi connectivity index (χ3n) is 7.04. The Kier molecular flexibility index (Phi) is 8.96. The molecule has 1 aliphatic rings. The summed E-state index contributed by atoms with van der Waals surface area (Å²) in [5.74, 6) is -2.57. The van der Waals surface area contributed by atoms with Crippen molar-refractivity contribution < 1.29 is 42.2 Å². The van der Waals surface area contributed by atoms with Crippen molar-refractivity contribution in [3.63, 3.8) is 0 Å². The second kappa shape index (κ2) is 13.0. The van der Waals surface area contributed by atoms with Crippen LogP contribution < -0.4 is 4.90 Å². The van der Waals surface area contributed by atoms with E-state index in [-0.39, 0.29) is 66.4 Å². The van der Waals surface area contributed by atoms with Crippen LogP contribution in [0, 0.1) is 22.9 Å². The summed E-state index contributed by atoms with van der Waals surface area (Å²) >= 11 is 0. The fraction of sp³-hybridized carbons (Fsp3) is 0.276. The monoisotopic (exact) mass is 609 g/mol. The summed E-state index contributed by atoms with van der Waals surface area (Å²) in [6.45, 7) is 0.892. The van der Waals surface area contributed by atoms with Crippen molar-refractivity contribution in [3.05, 3.63) is 92.8 Å². The van der Waals surface area contributed by atoms with Gasteiger partial charge in [0.2, 0.25) is 11.7 Å². The fourth-order valence-electron chi connectivity index (χ4n) is 4.77. The van der Waals surface area contributed by atoms with Gasteiger partial charge in [0.05, 0.1) is 43.5 Å². The van der Waals surface area contributed by atoms with E-state index in [2.05, 4.69) is 10.3 Å². The summed E-state index contributed by atoms with van der Waals surface area (Å²) in [5, 5.41) is 18.8. The predicted octanol–water partition coefficient (Wildman–Crippen LogP) is 3.84. The number of carbonyl (C=O) groups excluding carboxylic acids is 3. The number of halogens is 2. The van der Waals surface area contributed by atoms with Crippen LogP contribution in [0.25, 0.3) is 11.0 Å². The average molecular weight is 610 g/mol.